The molecule has 0 saturated carbocycles. The van der Waals surface area contributed by atoms with Crippen molar-refractivity contribution in [1.82, 2.24) is 24.5 Å². The third kappa shape index (κ3) is 3.26. The first-order valence-corrected chi connectivity index (χ1v) is 8.06. The van der Waals surface area contributed by atoms with Crippen molar-refractivity contribution in [3.63, 3.8) is 0 Å². The summed E-state index contributed by atoms with van der Waals surface area (Å²) in [6.07, 6.45) is 3.63. The van der Waals surface area contributed by atoms with Gasteiger partial charge in [0.25, 0.3) is 0 Å². The smallest absolute Gasteiger partial charge is 0.313 e. The van der Waals surface area contributed by atoms with Crippen LogP contribution < -0.4 is 0 Å². The minimum absolute atomic E-state index is 0.0702. The van der Waals surface area contributed by atoms with Gasteiger partial charge in [-0.05, 0) is 19.1 Å². The SMILES string of the molecule is CCn1cc(-c2nnc(SCC(=O)O)n2-c2ccccc2)cn1. The summed E-state index contributed by atoms with van der Waals surface area (Å²) in [7, 11) is 0. The number of thioether (sulfide) groups is 1. The van der Waals surface area contributed by atoms with Crippen molar-refractivity contribution in [2.45, 2.75) is 18.6 Å². The van der Waals surface area contributed by atoms with Gasteiger partial charge in [-0.2, -0.15) is 5.10 Å². The minimum atomic E-state index is -0.891. The van der Waals surface area contributed by atoms with E-state index in [0.29, 0.717) is 11.0 Å². The molecule has 0 unspecified atom stereocenters. The largest absolute Gasteiger partial charge is 0.481 e. The Hall–Kier alpha value is -2.61. The average Bonchev–Trinajstić information content (AvgIpc) is 3.20. The highest BCUT2D eigenvalue weighted by molar-refractivity contribution is 7.99. The number of aryl methyl sites for hydroxylation is 1. The van der Waals surface area contributed by atoms with Crippen LogP contribution in [0.2, 0.25) is 0 Å². The Labute approximate surface area is 137 Å². The van der Waals surface area contributed by atoms with E-state index >= 15 is 0 Å². The van der Waals surface area contributed by atoms with Crippen molar-refractivity contribution in [3.8, 4) is 17.1 Å². The molecule has 0 aliphatic carbocycles. The van der Waals surface area contributed by atoms with Crippen LogP contribution in [0, 0.1) is 0 Å². The Morgan fingerprint density at radius 2 is 2.04 bits per heavy atom. The standard InChI is InChI=1S/C15H15N5O2S/c1-2-19-9-11(8-16-19)14-17-18-15(23-10-13(21)22)20(14)12-6-4-3-5-7-12/h3-9H,2,10H2,1H3,(H,21,22). The molecule has 3 rings (SSSR count). The van der Waals surface area contributed by atoms with Gasteiger partial charge >= 0.3 is 5.97 Å². The molecule has 1 N–H and O–H groups in total. The van der Waals surface area contributed by atoms with E-state index in [9.17, 15) is 4.79 Å². The van der Waals surface area contributed by atoms with E-state index in [2.05, 4.69) is 15.3 Å². The van der Waals surface area contributed by atoms with E-state index < -0.39 is 5.97 Å². The van der Waals surface area contributed by atoms with Crippen LogP contribution in [-0.2, 0) is 11.3 Å². The quantitative estimate of drug-likeness (QED) is 0.699. The molecule has 0 aliphatic rings. The lowest BCUT2D eigenvalue weighted by Gasteiger charge is -2.08. The Morgan fingerprint density at radius 3 is 2.70 bits per heavy atom. The molecule has 118 valence electrons. The zero-order chi connectivity index (χ0) is 16.2. The summed E-state index contributed by atoms with van der Waals surface area (Å²) in [5.41, 5.74) is 1.72. The number of nitrogens with zero attached hydrogens (tertiary/aromatic N) is 5. The van der Waals surface area contributed by atoms with Crippen LogP contribution in [-0.4, -0.2) is 41.4 Å². The molecule has 0 radical (unpaired) electrons. The van der Waals surface area contributed by atoms with Gasteiger partial charge < -0.3 is 5.11 Å². The van der Waals surface area contributed by atoms with E-state index in [4.69, 9.17) is 5.11 Å². The summed E-state index contributed by atoms with van der Waals surface area (Å²) in [5.74, 6) is -0.319. The number of carboxylic acid groups (broad SMARTS) is 1. The lowest BCUT2D eigenvalue weighted by molar-refractivity contribution is -0.133. The molecule has 0 bridgehead atoms. The van der Waals surface area contributed by atoms with E-state index in [1.54, 1.807) is 6.20 Å². The lowest BCUT2D eigenvalue weighted by atomic mass is 10.3. The molecule has 0 amide bonds. The molecule has 2 heterocycles. The minimum Gasteiger partial charge on any atom is -0.481 e. The molecule has 0 spiro atoms. The molecule has 0 fully saturated rings. The number of aliphatic carboxylic acids is 1. The van der Waals surface area contributed by atoms with Gasteiger partial charge in [0.05, 0.1) is 17.5 Å². The zero-order valence-electron chi connectivity index (χ0n) is 12.5. The third-order valence-electron chi connectivity index (χ3n) is 3.19. The Morgan fingerprint density at radius 1 is 1.26 bits per heavy atom. The molecule has 2 aromatic heterocycles. The van der Waals surface area contributed by atoms with Crippen LogP contribution in [0.3, 0.4) is 0 Å². The van der Waals surface area contributed by atoms with Gasteiger partial charge in [-0.1, -0.05) is 30.0 Å². The second-order valence-corrected chi connectivity index (χ2v) is 5.69. The highest BCUT2D eigenvalue weighted by Gasteiger charge is 2.18. The Bertz CT molecular complexity index is 812. The molecule has 8 heteroatoms. The van der Waals surface area contributed by atoms with Crippen LogP contribution in [0.1, 0.15) is 6.92 Å². The van der Waals surface area contributed by atoms with Crippen LogP contribution in [0.5, 0.6) is 0 Å². The summed E-state index contributed by atoms with van der Waals surface area (Å²) >= 11 is 1.14. The maximum absolute atomic E-state index is 10.8. The Kier molecular flexibility index (Phi) is 4.42. The molecular formula is C15H15N5O2S. The summed E-state index contributed by atoms with van der Waals surface area (Å²) in [5, 5.41) is 22.1. The van der Waals surface area contributed by atoms with E-state index in [-0.39, 0.29) is 5.75 Å². The number of hydrogen-bond acceptors (Lipinski definition) is 5. The molecule has 0 aliphatic heterocycles. The van der Waals surface area contributed by atoms with Crippen molar-refractivity contribution in [1.29, 1.82) is 0 Å². The summed E-state index contributed by atoms with van der Waals surface area (Å²) in [4.78, 5) is 10.8. The van der Waals surface area contributed by atoms with Crippen LogP contribution >= 0.6 is 11.8 Å². The lowest BCUT2D eigenvalue weighted by Crippen LogP contribution is -2.03. The van der Waals surface area contributed by atoms with Gasteiger partial charge in [0.1, 0.15) is 0 Å². The number of hydrogen-bond donors (Lipinski definition) is 1. The first-order valence-electron chi connectivity index (χ1n) is 7.07. The Balaban J connectivity index is 2.07. The van der Waals surface area contributed by atoms with Crippen LogP contribution in [0.4, 0.5) is 0 Å². The van der Waals surface area contributed by atoms with E-state index in [0.717, 1.165) is 29.6 Å². The van der Waals surface area contributed by atoms with Gasteiger partial charge in [-0.25, -0.2) is 0 Å². The first kappa shape index (κ1) is 15.3. The fourth-order valence-corrected chi connectivity index (χ4v) is 2.81. The van der Waals surface area contributed by atoms with Gasteiger partial charge in [-0.15, -0.1) is 10.2 Å². The van der Waals surface area contributed by atoms with Crippen LogP contribution in [0.15, 0.2) is 47.9 Å². The highest BCUT2D eigenvalue weighted by Crippen LogP contribution is 2.27. The van der Waals surface area contributed by atoms with Gasteiger partial charge in [0.15, 0.2) is 11.0 Å². The average molecular weight is 329 g/mol. The number of para-hydroxylation sites is 1. The monoisotopic (exact) mass is 329 g/mol. The molecular weight excluding hydrogens is 314 g/mol. The molecule has 0 saturated heterocycles. The van der Waals surface area contributed by atoms with Crippen molar-refractivity contribution >= 4 is 17.7 Å². The molecule has 1 aromatic carbocycles. The predicted octanol–water partition coefficient (Wildman–Crippen LogP) is 2.33. The number of rotatable bonds is 6. The van der Waals surface area contributed by atoms with Crippen molar-refractivity contribution in [3.05, 3.63) is 42.7 Å². The first-order chi connectivity index (χ1) is 11.2. The second kappa shape index (κ2) is 6.66. The zero-order valence-corrected chi connectivity index (χ0v) is 13.3. The maximum atomic E-state index is 10.8. The number of carboxylic acids is 1. The molecule has 3 aromatic rings. The van der Waals surface area contributed by atoms with Crippen molar-refractivity contribution in [2.24, 2.45) is 0 Å². The van der Waals surface area contributed by atoms with Gasteiger partial charge in [0.2, 0.25) is 0 Å². The normalized spacial score (nSPS) is 10.8. The summed E-state index contributed by atoms with van der Waals surface area (Å²) in [6.45, 7) is 2.77. The van der Waals surface area contributed by atoms with E-state index in [1.165, 1.54) is 0 Å². The molecule has 7 nitrogen and oxygen atoms in total. The molecule has 0 atom stereocenters. The second-order valence-electron chi connectivity index (χ2n) is 4.74. The number of carbonyl (C=O) groups is 1. The number of aromatic nitrogens is 5. The topological polar surface area (TPSA) is 85.8 Å². The van der Waals surface area contributed by atoms with Gasteiger partial charge in [-0.3, -0.25) is 14.0 Å². The maximum Gasteiger partial charge on any atom is 0.313 e. The third-order valence-corrected chi connectivity index (χ3v) is 4.10. The predicted molar refractivity (Wildman–Crippen MR) is 86.6 cm³/mol. The van der Waals surface area contributed by atoms with Crippen molar-refractivity contribution in [2.75, 3.05) is 5.75 Å². The summed E-state index contributed by atoms with van der Waals surface area (Å²) < 4.78 is 3.66. The van der Waals surface area contributed by atoms with E-state index in [1.807, 2.05) is 52.7 Å². The fourth-order valence-electron chi connectivity index (χ4n) is 2.14. The van der Waals surface area contributed by atoms with Gasteiger partial charge in [0, 0.05) is 18.4 Å². The number of benzene rings is 1. The fraction of sp³-hybridized carbons (Fsp3) is 0.200. The summed E-state index contributed by atoms with van der Waals surface area (Å²) in [6, 6.07) is 9.62. The highest BCUT2D eigenvalue weighted by atomic mass is 32.2. The van der Waals surface area contributed by atoms with Crippen LogP contribution in [0.25, 0.3) is 17.1 Å². The van der Waals surface area contributed by atoms with Crippen molar-refractivity contribution < 1.29 is 9.90 Å². The molecule has 23 heavy (non-hydrogen) atoms.